The van der Waals surface area contributed by atoms with Crippen molar-refractivity contribution in [2.24, 2.45) is 0 Å². The Morgan fingerprint density at radius 2 is 2.09 bits per heavy atom. The number of nitrogens with one attached hydrogen (secondary N) is 1. The standard InChI is InChI=1S/C14H17ClN6OS/c1-8(2)12-19-20-14(23-12)18-11(22)10-9(15)7-16-13(17-10)21-5-3-4-6-21/h7-8H,3-6H2,1-2H3,(H,18,20,22). The van der Waals surface area contributed by atoms with Crippen molar-refractivity contribution in [1.29, 1.82) is 0 Å². The molecule has 0 bridgehead atoms. The number of aromatic nitrogens is 4. The molecule has 9 heteroatoms. The van der Waals surface area contributed by atoms with E-state index in [9.17, 15) is 4.79 Å². The molecule has 7 nitrogen and oxygen atoms in total. The highest BCUT2D eigenvalue weighted by Crippen LogP contribution is 2.24. The van der Waals surface area contributed by atoms with Gasteiger partial charge in [-0.15, -0.1) is 10.2 Å². The van der Waals surface area contributed by atoms with Crippen molar-refractivity contribution < 1.29 is 4.79 Å². The zero-order valence-electron chi connectivity index (χ0n) is 12.9. The SMILES string of the molecule is CC(C)c1nnc(NC(=O)c2nc(N3CCCC3)ncc2Cl)s1. The second-order valence-corrected chi connectivity index (χ2v) is 7.03. The molecule has 0 aromatic carbocycles. The lowest BCUT2D eigenvalue weighted by atomic mass is 10.2. The predicted molar refractivity (Wildman–Crippen MR) is 90.4 cm³/mol. The molecule has 122 valence electrons. The molecule has 0 radical (unpaired) electrons. The lowest BCUT2D eigenvalue weighted by Gasteiger charge is -2.15. The fourth-order valence-electron chi connectivity index (χ4n) is 2.26. The van der Waals surface area contributed by atoms with Crippen molar-refractivity contribution in [2.45, 2.75) is 32.6 Å². The maximum absolute atomic E-state index is 12.4. The van der Waals surface area contributed by atoms with E-state index in [4.69, 9.17) is 11.6 Å². The third-order valence-electron chi connectivity index (χ3n) is 3.49. The van der Waals surface area contributed by atoms with Gasteiger partial charge in [-0.25, -0.2) is 9.97 Å². The first kappa shape index (κ1) is 16.1. The van der Waals surface area contributed by atoms with Gasteiger partial charge in [0.2, 0.25) is 11.1 Å². The van der Waals surface area contributed by atoms with E-state index >= 15 is 0 Å². The van der Waals surface area contributed by atoms with Gasteiger partial charge in [0.1, 0.15) is 5.01 Å². The number of halogens is 1. The molecular weight excluding hydrogens is 336 g/mol. The molecule has 1 aliphatic heterocycles. The van der Waals surface area contributed by atoms with E-state index in [0.29, 0.717) is 11.1 Å². The Kier molecular flexibility index (Phi) is 4.72. The molecule has 2 aromatic heterocycles. The van der Waals surface area contributed by atoms with Crippen molar-refractivity contribution in [2.75, 3.05) is 23.3 Å². The van der Waals surface area contributed by atoms with Crippen LogP contribution in [0.4, 0.5) is 11.1 Å². The van der Waals surface area contributed by atoms with Crippen LogP contribution in [0.2, 0.25) is 5.02 Å². The summed E-state index contributed by atoms with van der Waals surface area (Å²) in [5, 5.41) is 12.3. The van der Waals surface area contributed by atoms with E-state index in [2.05, 4.69) is 30.4 Å². The van der Waals surface area contributed by atoms with Gasteiger partial charge >= 0.3 is 0 Å². The lowest BCUT2D eigenvalue weighted by Crippen LogP contribution is -2.23. The molecule has 1 aliphatic rings. The van der Waals surface area contributed by atoms with Crippen molar-refractivity contribution in [3.05, 3.63) is 21.9 Å². The molecular formula is C14H17ClN6OS. The number of rotatable bonds is 4. The van der Waals surface area contributed by atoms with Crippen LogP contribution in [0, 0.1) is 0 Å². The molecule has 1 saturated heterocycles. The number of hydrogen-bond donors (Lipinski definition) is 1. The number of carbonyl (C=O) groups excluding carboxylic acids is 1. The average molecular weight is 353 g/mol. The van der Waals surface area contributed by atoms with Gasteiger partial charge in [0.25, 0.3) is 5.91 Å². The fourth-order valence-corrected chi connectivity index (χ4v) is 3.18. The van der Waals surface area contributed by atoms with Crippen LogP contribution in [0.3, 0.4) is 0 Å². The Bertz CT molecular complexity index is 713. The average Bonchev–Trinajstić information content (AvgIpc) is 3.18. The monoisotopic (exact) mass is 352 g/mol. The van der Waals surface area contributed by atoms with Crippen LogP contribution in [-0.4, -0.2) is 39.2 Å². The maximum Gasteiger partial charge on any atom is 0.277 e. The van der Waals surface area contributed by atoms with Crippen LogP contribution in [0.25, 0.3) is 0 Å². The molecule has 0 spiro atoms. The zero-order valence-corrected chi connectivity index (χ0v) is 14.5. The van der Waals surface area contributed by atoms with Crippen molar-refractivity contribution in [1.82, 2.24) is 20.2 Å². The maximum atomic E-state index is 12.4. The minimum atomic E-state index is -0.399. The summed E-state index contributed by atoms with van der Waals surface area (Å²) in [5.41, 5.74) is 0.157. The third-order valence-corrected chi connectivity index (χ3v) is 4.91. The topological polar surface area (TPSA) is 83.9 Å². The summed E-state index contributed by atoms with van der Waals surface area (Å²) in [6.07, 6.45) is 3.68. The molecule has 0 saturated carbocycles. The summed E-state index contributed by atoms with van der Waals surface area (Å²) in [6, 6.07) is 0. The minimum Gasteiger partial charge on any atom is -0.341 e. The van der Waals surface area contributed by atoms with Gasteiger partial charge in [0, 0.05) is 19.0 Å². The molecule has 0 aliphatic carbocycles. The van der Waals surface area contributed by atoms with Crippen LogP contribution >= 0.6 is 22.9 Å². The molecule has 3 heterocycles. The van der Waals surface area contributed by atoms with Gasteiger partial charge < -0.3 is 4.90 Å². The van der Waals surface area contributed by atoms with E-state index in [1.165, 1.54) is 17.5 Å². The second kappa shape index (κ2) is 6.76. The first-order chi connectivity index (χ1) is 11.0. The van der Waals surface area contributed by atoms with E-state index in [1.54, 1.807) is 0 Å². The van der Waals surface area contributed by atoms with E-state index in [1.807, 2.05) is 13.8 Å². The number of anilines is 2. The Morgan fingerprint density at radius 1 is 1.35 bits per heavy atom. The summed E-state index contributed by atoms with van der Waals surface area (Å²) in [6.45, 7) is 5.85. The van der Waals surface area contributed by atoms with Crippen LogP contribution in [0.1, 0.15) is 48.1 Å². The fraction of sp³-hybridized carbons (Fsp3) is 0.500. The predicted octanol–water partition coefficient (Wildman–Crippen LogP) is 2.96. The largest absolute Gasteiger partial charge is 0.341 e. The minimum absolute atomic E-state index is 0.157. The number of amides is 1. The highest BCUT2D eigenvalue weighted by atomic mass is 35.5. The molecule has 1 N–H and O–H groups in total. The van der Waals surface area contributed by atoms with Crippen LogP contribution < -0.4 is 10.2 Å². The van der Waals surface area contributed by atoms with Gasteiger partial charge in [0.15, 0.2) is 5.69 Å². The Balaban J connectivity index is 1.79. The number of carbonyl (C=O) groups is 1. The van der Waals surface area contributed by atoms with Crippen molar-refractivity contribution >= 4 is 39.9 Å². The van der Waals surface area contributed by atoms with Crippen molar-refractivity contribution in [3.63, 3.8) is 0 Å². The summed E-state index contributed by atoms with van der Waals surface area (Å²) in [7, 11) is 0. The molecule has 3 rings (SSSR count). The van der Waals surface area contributed by atoms with Crippen LogP contribution in [0.5, 0.6) is 0 Å². The lowest BCUT2D eigenvalue weighted by molar-refractivity contribution is 0.102. The summed E-state index contributed by atoms with van der Waals surface area (Å²) >= 11 is 7.43. The number of nitrogens with zero attached hydrogens (tertiary/aromatic N) is 5. The highest BCUT2D eigenvalue weighted by Gasteiger charge is 2.20. The van der Waals surface area contributed by atoms with Crippen molar-refractivity contribution in [3.8, 4) is 0 Å². The smallest absolute Gasteiger partial charge is 0.277 e. The summed E-state index contributed by atoms with van der Waals surface area (Å²) < 4.78 is 0. The van der Waals surface area contributed by atoms with Gasteiger partial charge in [-0.2, -0.15) is 0 Å². The first-order valence-corrected chi connectivity index (χ1v) is 8.66. The number of hydrogen-bond acceptors (Lipinski definition) is 7. The quantitative estimate of drug-likeness (QED) is 0.910. The summed E-state index contributed by atoms with van der Waals surface area (Å²) in [4.78, 5) is 23.0. The summed E-state index contributed by atoms with van der Waals surface area (Å²) in [5.74, 6) is 0.407. The molecule has 2 aromatic rings. The molecule has 1 fully saturated rings. The van der Waals surface area contributed by atoms with E-state index in [-0.39, 0.29) is 16.6 Å². The molecule has 0 unspecified atom stereocenters. The van der Waals surface area contributed by atoms with E-state index in [0.717, 1.165) is 30.9 Å². The van der Waals surface area contributed by atoms with Gasteiger partial charge in [-0.05, 0) is 12.8 Å². The Labute approximate surface area is 143 Å². The third kappa shape index (κ3) is 3.59. The van der Waals surface area contributed by atoms with Crippen LogP contribution in [0.15, 0.2) is 6.20 Å². The van der Waals surface area contributed by atoms with Gasteiger partial charge in [-0.3, -0.25) is 10.1 Å². The van der Waals surface area contributed by atoms with Crippen LogP contribution in [-0.2, 0) is 0 Å². The van der Waals surface area contributed by atoms with E-state index < -0.39 is 5.91 Å². The molecule has 23 heavy (non-hydrogen) atoms. The Morgan fingerprint density at radius 3 is 2.74 bits per heavy atom. The Hall–Kier alpha value is -1.80. The van der Waals surface area contributed by atoms with Gasteiger partial charge in [0.05, 0.1) is 11.2 Å². The second-order valence-electron chi connectivity index (χ2n) is 5.61. The molecule has 0 atom stereocenters. The first-order valence-electron chi connectivity index (χ1n) is 7.47. The highest BCUT2D eigenvalue weighted by molar-refractivity contribution is 7.15. The zero-order chi connectivity index (χ0) is 16.4. The normalized spacial score (nSPS) is 14.5. The molecule has 1 amide bonds. The van der Waals surface area contributed by atoms with Gasteiger partial charge in [-0.1, -0.05) is 36.8 Å².